The Morgan fingerprint density at radius 2 is 1.38 bits per heavy atom. The second kappa shape index (κ2) is 3.22. The van der Waals surface area contributed by atoms with E-state index >= 15 is 0 Å². The summed E-state index contributed by atoms with van der Waals surface area (Å²) in [5.74, 6) is 0. The highest BCUT2D eigenvalue weighted by molar-refractivity contribution is 6.99. The largest absolute Gasteiger partial charge is 0.102 e. The molecule has 0 saturated heterocycles. The van der Waals surface area contributed by atoms with E-state index in [1.165, 1.54) is 6.04 Å². The molecule has 1 aliphatic heterocycles. The summed E-state index contributed by atoms with van der Waals surface area (Å²) in [6.07, 6.45) is 0. The zero-order valence-corrected chi connectivity index (χ0v) is 12.5. The second-order valence-corrected chi connectivity index (χ2v) is 12.9. The van der Waals surface area contributed by atoms with Gasteiger partial charge >= 0.3 is 0 Å². The molecule has 0 saturated carbocycles. The van der Waals surface area contributed by atoms with Gasteiger partial charge < -0.3 is 0 Å². The second-order valence-electron chi connectivity index (χ2n) is 7.24. The lowest BCUT2D eigenvalue weighted by molar-refractivity contribution is 0.608. The summed E-state index contributed by atoms with van der Waals surface area (Å²) in [6.45, 7) is 14.7. The minimum Gasteiger partial charge on any atom is -0.0627 e. The van der Waals surface area contributed by atoms with Gasteiger partial charge in [-0.15, -0.1) is 0 Å². The fourth-order valence-electron chi connectivity index (χ4n) is 3.83. The van der Waals surface area contributed by atoms with Gasteiger partial charge in [0.25, 0.3) is 0 Å². The first-order chi connectivity index (χ1) is 7.20. The first-order valence-electron chi connectivity index (χ1n) is 6.28. The average molecular weight is 232 g/mol. The van der Waals surface area contributed by atoms with Crippen molar-refractivity contribution in [3.8, 4) is 0 Å². The van der Waals surface area contributed by atoms with E-state index in [2.05, 4.69) is 65.8 Å². The Morgan fingerprint density at radius 3 is 1.81 bits per heavy atom. The van der Waals surface area contributed by atoms with E-state index in [9.17, 15) is 0 Å². The summed E-state index contributed by atoms with van der Waals surface area (Å²) in [7, 11) is -1.37. The third-order valence-corrected chi connectivity index (χ3v) is 11.9. The van der Waals surface area contributed by atoms with Gasteiger partial charge in [0.15, 0.2) is 0 Å². The highest BCUT2D eigenvalue weighted by atomic mass is 28.3. The minimum absolute atomic E-state index is 0.458. The van der Waals surface area contributed by atoms with Crippen LogP contribution in [0.2, 0.25) is 10.1 Å². The molecule has 0 N–H and O–H groups in total. The molecular formula is C15H24Si. The smallest absolute Gasteiger partial charge is 0.0627 e. The Labute approximate surface area is 101 Å². The average Bonchev–Trinajstić information content (AvgIpc) is 2.02. The monoisotopic (exact) mass is 232 g/mol. The van der Waals surface area contributed by atoms with Gasteiger partial charge in [0.05, 0.1) is 0 Å². The van der Waals surface area contributed by atoms with Crippen molar-refractivity contribution in [1.29, 1.82) is 0 Å². The number of hydrogen-bond acceptors (Lipinski definition) is 0. The van der Waals surface area contributed by atoms with Crippen molar-refractivity contribution in [2.24, 2.45) is 0 Å². The molecule has 16 heavy (non-hydrogen) atoms. The summed E-state index contributed by atoms with van der Waals surface area (Å²) < 4.78 is 0. The van der Waals surface area contributed by atoms with Crippen molar-refractivity contribution >= 4 is 13.3 Å². The third kappa shape index (κ3) is 1.34. The molecule has 88 valence electrons. The van der Waals surface area contributed by atoms with Gasteiger partial charge in [0.2, 0.25) is 0 Å². The topological polar surface area (TPSA) is 0 Å². The molecule has 0 aliphatic carbocycles. The Hall–Kier alpha value is -0.563. The lowest BCUT2D eigenvalue weighted by Crippen LogP contribution is -2.70. The fourth-order valence-corrected chi connectivity index (χ4v) is 10.6. The molecule has 0 aromatic heterocycles. The maximum Gasteiger partial charge on any atom is 0.102 e. The van der Waals surface area contributed by atoms with Crippen LogP contribution in [-0.2, 0) is 6.04 Å². The lowest BCUT2D eigenvalue weighted by atomic mass is 10.2. The van der Waals surface area contributed by atoms with Crippen LogP contribution in [0.25, 0.3) is 0 Å². The van der Waals surface area contributed by atoms with E-state index < -0.39 is 8.07 Å². The predicted molar refractivity (Wildman–Crippen MR) is 75.0 cm³/mol. The van der Waals surface area contributed by atoms with Crippen molar-refractivity contribution in [3.63, 3.8) is 0 Å². The first kappa shape index (κ1) is 11.9. The van der Waals surface area contributed by atoms with Crippen LogP contribution in [0.3, 0.4) is 0 Å². The lowest BCUT2D eigenvalue weighted by Gasteiger charge is -2.58. The van der Waals surface area contributed by atoms with Crippen LogP contribution in [0.4, 0.5) is 0 Å². The van der Waals surface area contributed by atoms with Crippen molar-refractivity contribution in [2.45, 2.75) is 57.7 Å². The Balaban J connectivity index is 2.60. The molecule has 1 heteroatoms. The Bertz CT molecular complexity index is 390. The van der Waals surface area contributed by atoms with Crippen LogP contribution < -0.4 is 5.19 Å². The Kier molecular flexibility index (Phi) is 2.40. The van der Waals surface area contributed by atoms with Gasteiger partial charge in [-0.2, -0.15) is 0 Å². The van der Waals surface area contributed by atoms with Crippen LogP contribution in [0.15, 0.2) is 24.3 Å². The molecule has 1 aliphatic rings. The number of rotatable bonds is 0. The van der Waals surface area contributed by atoms with Crippen LogP contribution >= 0.6 is 0 Å². The highest BCUT2D eigenvalue weighted by Crippen LogP contribution is 2.55. The van der Waals surface area contributed by atoms with E-state index in [4.69, 9.17) is 0 Å². The van der Waals surface area contributed by atoms with Crippen molar-refractivity contribution < 1.29 is 0 Å². The van der Waals surface area contributed by atoms with Crippen molar-refractivity contribution in [2.75, 3.05) is 0 Å². The molecule has 0 spiro atoms. The minimum atomic E-state index is -1.37. The molecular weight excluding hydrogens is 208 g/mol. The fraction of sp³-hybridized carbons (Fsp3) is 0.600. The highest BCUT2D eigenvalue weighted by Gasteiger charge is 2.59. The molecule has 0 bridgehead atoms. The number of hydrogen-bond donors (Lipinski definition) is 0. The molecule has 0 atom stereocenters. The standard InChI is InChI=1S/C15H24Si/c1-14(2,3)16(15(4,5)6)11-12-9-7-8-10-13(12)16/h7-10H,11H2,1-6H3. The summed E-state index contributed by atoms with van der Waals surface area (Å²) >= 11 is 0. The zero-order chi connectivity index (χ0) is 12.2. The van der Waals surface area contributed by atoms with Crippen molar-refractivity contribution in [1.82, 2.24) is 0 Å². The van der Waals surface area contributed by atoms with Gasteiger partial charge in [-0.3, -0.25) is 0 Å². The van der Waals surface area contributed by atoms with E-state index in [-0.39, 0.29) is 0 Å². The van der Waals surface area contributed by atoms with Crippen LogP contribution in [0, 0.1) is 0 Å². The molecule has 0 radical (unpaired) electrons. The SMILES string of the molecule is CC(C)(C)[Si]1(C(C)(C)C)Cc2ccccc21. The van der Waals surface area contributed by atoms with Gasteiger partial charge in [0, 0.05) is 0 Å². The van der Waals surface area contributed by atoms with Crippen LogP contribution in [0.5, 0.6) is 0 Å². The Morgan fingerprint density at radius 1 is 0.875 bits per heavy atom. The maximum absolute atomic E-state index is 2.44. The molecule has 0 fully saturated rings. The summed E-state index contributed by atoms with van der Waals surface area (Å²) in [5.41, 5.74) is 1.61. The molecule has 0 amide bonds. The van der Waals surface area contributed by atoms with E-state index in [1.54, 1.807) is 10.8 Å². The quantitative estimate of drug-likeness (QED) is 0.592. The number of benzene rings is 1. The van der Waals surface area contributed by atoms with E-state index in [0.29, 0.717) is 10.1 Å². The van der Waals surface area contributed by atoms with Crippen molar-refractivity contribution in [3.05, 3.63) is 29.8 Å². The summed E-state index contributed by atoms with van der Waals surface area (Å²) in [4.78, 5) is 0. The van der Waals surface area contributed by atoms with E-state index in [0.717, 1.165) is 0 Å². The van der Waals surface area contributed by atoms with Crippen LogP contribution in [-0.4, -0.2) is 8.07 Å². The summed E-state index contributed by atoms with van der Waals surface area (Å²) in [6, 6.07) is 10.5. The summed E-state index contributed by atoms with van der Waals surface area (Å²) in [5, 5.41) is 2.63. The predicted octanol–water partition coefficient (Wildman–Crippen LogP) is 4.04. The third-order valence-electron chi connectivity index (χ3n) is 4.49. The van der Waals surface area contributed by atoms with Gasteiger partial charge in [0.1, 0.15) is 8.07 Å². The molecule has 0 nitrogen and oxygen atoms in total. The maximum atomic E-state index is 2.44. The first-order valence-corrected chi connectivity index (χ1v) is 8.49. The van der Waals surface area contributed by atoms with E-state index in [1.807, 2.05) is 0 Å². The normalized spacial score (nSPS) is 18.9. The molecule has 0 unspecified atom stereocenters. The molecule has 1 aromatic rings. The number of fused-ring (bicyclic) bond motifs is 1. The van der Waals surface area contributed by atoms with Gasteiger partial charge in [-0.25, -0.2) is 0 Å². The molecule has 2 rings (SSSR count). The molecule has 1 heterocycles. The van der Waals surface area contributed by atoms with Gasteiger partial charge in [-0.1, -0.05) is 76.6 Å². The zero-order valence-electron chi connectivity index (χ0n) is 11.5. The van der Waals surface area contributed by atoms with Crippen LogP contribution in [0.1, 0.15) is 47.1 Å². The molecule has 1 aromatic carbocycles. The van der Waals surface area contributed by atoms with Gasteiger partial charge in [-0.05, 0) is 16.1 Å².